The lowest BCUT2D eigenvalue weighted by Gasteiger charge is -2.18. The van der Waals surface area contributed by atoms with Gasteiger partial charge in [-0.05, 0) is 12.8 Å². The van der Waals surface area contributed by atoms with Crippen molar-refractivity contribution >= 4 is 11.8 Å². The molecule has 0 saturated heterocycles. The van der Waals surface area contributed by atoms with Crippen LogP contribution in [0.1, 0.15) is 97.8 Å². The van der Waals surface area contributed by atoms with Crippen molar-refractivity contribution in [3.63, 3.8) is 0 Å². The van der Waals surface area contributed by atoms with E-state index in [-0.39, 0.29) is 17.7 Å². The van der Waals surface area contributed by atoms with Crippen LogP contribution >= 0.6 is 0 Å². The molecule has 0 N–H and O–H groups in total. The van der Waals surface area contributed by atoms with Crippen molar-refractivity contribution in [3.8, 4) is 0 Å². The van der Waals surface area contributed by atoms with Gasteiger partial charge >= 0.3 is 5.97 Å². The van der Waals surface area contributed by atoms with Gasteiger partial charge in [0.15, 0.2) is 0 Å². The van der Waals surface area contributed by atoms with E-state index in [1.165, 1.54) is 52.1 Å². The van der Waals surface area contributed by atoms with Crippen molar-refractivity contribution in [2.24, 2.45) is 11.8 Å². The average molecular weight is 327 g/mol. The van der Waals surface area contributed by atoms with Crippen LogP contribution in [0.15, 0.2) is 0 Å². The molecule has 0 aromatic carbocycles. The molecule has 0 fully saturated rings. The molecule has 0 aliphatic heterocycles. The summed E-state index contributed by atoms with van der Waals surface area (Å²) in [5.74, 6) is -0.862. The van der Waals surface area contributed by atoms with Gasteiger partial charge in [0.2, 0.25) is 0 Å². The zero-order valence-electron chi connectivity index (χ0n) is 15.9. The summed E-state index contributed by atoms with van der Waals surface area (Å²) in [4.78, 5) is 24.3. The molecule has 2 atom stereocenters. The summed E-state index contributed by atoms with van der Waals surface area (Å²) in [5.41, 5.74) is 0. The largest absolute Gasteiger partial charge is 0.468 e. The molecule has 3 nitrogen and oxygen atoms in total. The van der Waals surface area contributed by atoms with Gasteiger partial charge in [-0.3, -0.25) is 9.59 Å². The van der Waals surface area contributed by atoms with E-state index in [0.29, 0.717) is 6.42 Å². The molecule has 0 unspecified atom stereocenters. The Morgan fingerprint density at radius 2 is 1.30 bits per heavy atom. The maximum Gasteiger partial charge on any atom is 0.316 e. The Kier molecular flexibility index (Phi) is 14.2. The lowest BCUT2D eigenvalue weighted by molar-refractivity contribution is -0.150. The molecule has 0 radical (unpaired) electrons. The number of unbranched alkanes of at least 4 members (excludes halogenated alkanes) is 8. The smallest absolute Gasteiger partial charge is 0.316 e. The average Bonchev–Trinajstić information content (AvgIpc) is 2.56. The van der Waals surface area contributed by atoms with Crippen molar-refractivity contribution in [2.75, 3.05) is 7.11 Å². The van der Waals surface area contributed by atoms with Gasteiger partial charge in [0, 0.05) is 5.92 Å². The van der Waals surface area contributed by atoms with E-state index in [9.17, 15) is 9.59 Å². The van der Waals surface area contributed by atoms with E-state index in [4.69, 9.17) is 4.74 Å². The number of ether oxygens (including phenoxy) is 1. The predicted octanol–water partition coefficient (Wildman–Crippen LogP) is 5.70. The van der Waals surface area contributed by atoms with Gasteiger partial charge in [0.25, 0.3) is 0 Å². The molecule has 0 aliphatic carbocycles. The van der Waals surface area contributed by atoms with Crippen LogP contribution in [0, 0.1) is 11.8 Å². The molecule has 0 aromatic rings. The quantitative estimate of drug-likeness (QED) is 0.220. The molecule has 0 aromatic heterocycles. The van der Waals surface area contributed by atoms with Crippen LogP contribution in [0.2, 0.25) is 0 Å². The number of ketones is 1. The van der Waals surface area contributed by atoms with Gasteiger partial charge in [0.1, 0.15) is 11.7 Å². The third-order valence-corrected chi connectivity index (χ3v) is 4.65. The highest BCUT2D eigenvalue weighted by atomic mass is 16.5. The van der Waals surface area contributed by atoms with E-state index < -0.39 is 5.92 Å². The number of carbonyl (C=O) groups excluding carboxylic acids is 2. The Balaban J connectivity index is 3.99. The van der Waals surface area contributed by atoms with Crippen LogP contribution in [-0.4, -0.2) is 18.9 Å². The summed E-state index contributed by atoms with van der Waals surface area (Å²) < 4.78 is 4.81. The standard InChI is InChI=1S/C20H38O3/c1-5-7-9-10-11-12-13-14-15-17(3)19(21)18(16-8-6-2)20(22)23-4/h17-18H,5-16H2,1-4H3/t17-,18-/m0/s1. The van der Waals surface area contributed by atoms with Crippen LogP contribution in [0.4, 0.5) is 0 Å². The van der Waals surface area contributed by atoms with Crippen LogP contribution in [-0.2, 0) is 14.3 Å². The number of rotatable bonds is 15. The SMILES string of the molecule is CCCCCCCCCC[C@H](C)C(=O)[C@H](CCCC)C(=O)OC. The summed E-state index contributed by atoms with van der Waals surface area (Å²) in [6.45, 7) is 6.27. The lowest BCUT2D eigenvalue weighted by Crippen LogP contribution is -2.29. The Morgan fingerprint density at radius 3 is 1.83 bits per heavy atom. The molecule has 136 valence electrons. The van der Waals surface area contributed by atoms with Gasteiger partial charge in [-0.1, -0.05) is 85.0 Å². The first kappa shape index (κ1) is 22.1. The molecule has 0 saturated carbocycles. The van der Waals surface area contributed by atoms with Crippen molar-refractivity contribution < 1.29 is 14.3 Å². The minimum Gasteiger partial charge on any atom is -0.468 e. The number of methoxy groups -OCH3 is 1. The summed E-state index contributed by atoms with van der Waals surface area (Å²) in [7, 11) is 1.37. The molecular weight excluding hydrogens is 288 g/mol. The van der Waals surface area contributed by atoms with Crippen molar-refractivity contribution in [2.45, 2.75) is 97.8 Å². The van der Waals surface area contributed by atoms with Crippen molar-refractivity contribution in [1.29, 1.82) is 0 Å². The van der Waals surface area contributed by atoms with Crippen LogP contribution < -0.4 is 0 Å². The normalized spacial score (nSPS) is 13.6. The van der Waals surface area contributed by atoms with Crippen LogP contribution in [0.25, 0.3) is 0 Å². The second-order valence-electron chi connectivity index (χ2n) is 6.78. The highest BCUT2D eigenvalue weighted by Crippen LogP contribution is 2.21. The molecule has 0 heterocycles. The zero-order chi connectivity index (χ0) is 17.5. The Labute approximate surface area is 143 Å². The zero-order valence-corrected chi connectivity index (χ0v) is 15.9. The van der Waals surface area contributed by atoms with E-state index in [1.54, 1.807) is 0 Å². The summed E-state index contributed by atoms with van der Waals surface area (Å²) in [5, 5.41) is 0. The fraction of sp³-hybridized carbons (Fsp3) is 0.900. The minimum absolute atomic E-state index is 0.0314. The molecule has 23 heavy (non-hydrogen) atoms. The fourth-order valence-electron chi connectivity index (χ4n) is 3.00. The molecule has 3 heteroatoms. The van der Waals surface area contributed by atoms with Gasteiger partial charge in [-0.15, -0.1) is 0 Å². The first-order chi connectivity index (χ1) is 11.1. The summed E-state index contributed by atoms with van der Waals surface area (Å²) in [6, 6.07) is 0. The van der Waals surface area contributed by atoms with Gasteiger partial charge in [-0.25, -0.2) is 0 Å². The minimum atomic E-state index is -0.552. The Hall–Kier alpha value is -0.860. The van der Waals surface area contributed by atoms with Gasteiger partial charge in [0.05, 0.1) is 7.11 Å². The maximum absolute atomic E-state index is 12.5. The fourth-order valence-corrected chi connectivity index (χ4v) is 3.00. The monoisotopic (exact) mass is 326 g/mol. The summed E-state index contributed by atoms with van der Waals surface area (Å²) in [6.07, 6.45) is 13.6. The van der Waals surface area contributed by atoms with Crippen LogP contribution in [0.5, 0.6) is 0 Å². The number of Topliss-reactive ketones (excluding diaryl/α,β-unsaturated/α-hetero) is 1. The van der Waals surface area contributed by atoms with E-state index in [0.717, 1.165) is 25.7 Å². The second kappa shape index (κ2) is 14.7. The van der Waals surface area contributed by atoms with Gasteiger partial charge in [-0.2, -0.15) is 0 Å². The molecule has 0 aliphatic rings. The molecule has 0 amide bonds. The topological polar surface area (TPSA) is 43.4 Å². The highest BCUT2D eigenvalue weighted by Gasteiger charge is 2.30. The first-order valence-electron chi connectivity index (χ1n) is 9.69. The molecule has 0 spiro atoms. The third-order valence-electron chi connectivity index (χ3n) is 4.65. The van der Waals surface area contributed by atoms with Crippen molar-refractivity contribution in [3.05, 3.63) is 0 Å². The molecule has 0 rings (SSSR count). The second-order valence-corrected chi connectivity index (χ2v) is 6.78. The highest BCUT2D eigenvalue weighted by molar-refractivity contribution is 5.99. The third kappa shape index (κ3) is 10.5. The number of esters is 1. The number of hydrogen-bond donors (Lipinski definition) is 0. The predicted molar refractivity (Wildman–Crippen MR) is 96.4 cm³/mol. The Bertz CT molecular complexity index is 312. The molecule has 0 bridgehead atoms. The number of carbonyl (C=O) groups is 2. The summed E-state index contributed by atoms with van der Waals surface area (Å²) >= 11 is 0. The first-order valence-corrected chi connectivity index (χ1v) is 9.69. The van der Waals surface area contributed by atoms with E-state index in [2.05, 4.69) is 13.8 Å². The molecular formula is C20H38O3. The van der Waals surface area contributed by atoms with Gasteiger partial charge < -0.3 is 4.74 Å². The van der Waals surface area contributed by atoms with Crippen molar-refractivity contribution in [1.82, 2.24) is 0 Å². The lowest BCUT2D eigenvalue weighted by atomic mass is 9.87. The van der Waals surface area contributed by atoms with E-state index >= 15 is 0 Å². The number of hydrogen-bond acceptors (Lipinski definition) is 3. The maximum atomic E-state index is 12.5. The Morgan fingerprint density at radius 1 is 0.783 bits per heavy atom. The van der Waals surface area contributed by atoms with Crippen LogP contribution in [0.3, 0.4) is 0 Å². The van der Waals surface area contributed by atoms with E-state index in [1.807, 2.05) is 6.92 Å².